The van der Waals surface area contributed by atoms with Crippen LogP contribution in [0.3, 0.4) is 0 Å². The fraction of sp³-hybridized carbons (Fsp3) is 0.449. The Labute approximate surface area is 331 Å². The van der Waals surface area contributed by atoms with Crippen LogP contribution in [0.4, 0.5) is 17.1 Å². The van der Waals surface area contributed by atoms with Gasteiger partial charge in [-0.05, 0) is 86.9 Å². The van der Waals surface area contributed by atoms with E-state index in [0.717, 1.165) is 50.3 Å². The van der Waals surface area contributed by atoms with Crippen LogP contribution in [0.25, 0.3) is 0 Å². The van der Waals surface area contributed by atoms with Gasteiger partial charge in [-0.15, -0.1) is 11.8 Å². The normalized spacial score (nSPS) is 19.1. The second-order valence-corrected chi connectivity index (χ2v) is 17.6. The molecule has 0 atom stereocenters. The molecule has 4 nitrogen and oxygen atoms in total. The Morgan fingerprint density at radius 3 is 2.33 bits per heavy atom. The molecule has 0 bridgehead atoms. The summed E-state index contributed by atoms with van der Waals surface area (Å²) < 4.78 is 2.61. The van der Waals surface area contributed by atoms with Gasteiger partial charge in [0.05, 0.1) is 5.41 Å². The fourth-order valence-electron chi connectivity index (χ4n) is 8.71. The van der Waals surface area contributed by atoms with E-state index in [-0.39, 0.29) is 10.8 Å². The number of benzene rings is 3. The molecule has 0 radical (unpaired) electrons. The monoisotopic (exact) mass is 742 g/mol. The predicted molar refractivity (Wildman–Crippen MR) is 235 cm³/mol. The van der Waals surface area contributed by atoms with E-state index in [1.54, 1.807) is 6.07 Å². The zero-order valence-corrected chi connectivity index (χ0v) is 34.9. The van der Waals surface area contributed by atoms with Gasteiger partial charge in [0, 0.05) is 83.5 Å². The van der Waals surface area contributed by atoms with Gasteiger partial charge in [0.15, 0.2) is 5.71 Å². The van der Waals surface area contributed by atoms with Crippen molar-refractivity contribution in [3.63, 3.8) is 0 Å². The van der Waals surface area contributed by atoms with Crippen LogP contribution in [0.1, 0.15) is 110 Å². The molecule has 0 fully saturated rings. The largest absolute Gasteiger partial charge is 0.508 e. The molecule has 6 rings (SSSR count). The molecule has 286 valence electrons. The number of nitrogens with zero attached hydrogens (tertiary/aromatic N) is 3. The van der Waals surface area contributed by atoms with Gasteiger partial charge in [0.2, 0.25) is 5.69 Å². The summed E-state index contributed by atoms with van der Waals surface area (Å²) in [6, 6.07) is 25.7. The number of phenolic OH excluding ortho intramolecular Hbond substituents is 1. The Bertz CT molecular complexity index is 1940. The minimum atomic E-state index is -0.0564. The number of para-hydroxylation sites is 2. The topological polar surface area (TPSA) is 29.7 Å². The number of phenols is 1. The van der Waals surface area contributed by atoms with E-state index >= 15 is 0 Å². The van der Waals surface area contributed by atoms with E-state index in [4.69, 9.17) is 0 Å². The maximum atomic E-state index is 10.1. The van der Waals surface area contributed by atoms with Crippen molar-refractivity contribution in [1.82, 2.24) is 0 Å². The van der Waals surface area contributed by atoms with Crippen LogP contribution in [0.2, 0.25) is 0 Å². The molecular weight excluding hydrogens is 679 g/mol. The van der Waals surface area contributed by atoms with Crippen LogP contribution in [0.5, 0.6) is 5.75 Å². The highest BCUT2D eigenvalue weighted by Gasteiger charge is 2.44. The molecule has 0 saturated heterocycles. The number of rotatable bonds is 16. The third-order valence-electron chi connectivity index (χ3n) is 11.9. The number of thioether (sulfide) groups is 1. The molecule has 0 saturated carbocycles. The van der Waals surface area contributed by atoms with Crippen LogP contribution in [-0.2, 0) is 10.8 Å². The first-order valence-electron chi connectivity index (χ1n) is 20.6. The van der Waals surface area contributed by atoms with Crippen LogP contribution in [0.15, 0.2) is 119 Å². The molecule has 2 aliphatic heterocycles. The first-order chi connectivity index (χ1) is 26.1. The van der Waals surface area contributed by atoms with E-state index in [2.05, 4.69) is 142 Å². The number of aromatic hydroxyl groups is 1. The molecule has 54 heavy (non-hydrogen) atoms. The second-order valence-electron chi connectivity index (χ2n) is 16.5. The first-order valence-corrected chi connectivity index (χ1v) is 21.6. The van der Waals surface area contributed by atoms with Gasteiger partial charge in [-0.3, -0.25) is 0 Å². The molecule has 1 aliphatic carbocycles. The number of unbranched alkanes of at least 4 members (excludes halogenated alkanes) is 4. The van der Waals surface area contributed by atoms with Crippen molar-refractivity contribution in [3.8, 4) is 5.75 Å². The SMILES string of the molecule is CCCCCN1/C(=C/C=C2\CCCC(/C=C/C3=[N+](CCCCC)c4ccccc4C3(C)C)=C2SCCN(C)c2cccc(O)c2)C(C)(C)c2ccccc21. The van der Waals surface area contributed by atoms with Gasteiger partial charge in [0.25, 0.3) is 0 Å². The average Bonchev–Trinajstić information content (AvgIpc) is 3.52. The molecule has 0 amide bonds. The van der Waals surface area contributed by atoms with Crippen molar-refractivity contribution in [2.75, 3.05) is 42.2 Å². The van der Waals surface area contributed by atoms with Gasteiger partial charge < -0.3 is 14.9 Å². The lowest BCUT2D eigenvalue weighted by atomic mass is 9.81. The van der Waals surface area contributed by atoms with Gasteiger partial charge in [-0.1, -0.05) is 102 Å². The van der Waals surface area contributed by atoms with E-state index in [1.807, 2.05) is 23.9 Å². The molecule has 3 aromatic carbocycles. The maximum absolute atomic E-state index is 10.1. The fourth-order valence-corrected chi connectivity index (χ4v) is 9.99. The van der Waals surface area contributed by atoms with Crippen molar-refractivity contribution < 1.29 is 9.68 Å². The highest BCUT2D eigenvalue weighted by molar-refractivity contribution is 8.03. The Morgan fingerprint density at radius 2 is 1.56 bits per heavy atom. The van der Waals surface area contributed by atoms with Gasteiger partial charge in [-0.25, -0.2) is 0 Å². The summed E-state index contributed by atoms with van der Waals surface area (Å²) in [5.74, 6) is 1.27. The summed E-state index contributed by atoms with van der Waals surface area (Å²) in [6.07, 6.45) is 20.6. The quantitative estimate of drug-likeness (QED) is 0.117. The van der Waals surface area contributed by atoms with Gasteiger partial charge >= 0.3 is 0 Å². The summed E-state index contributed by atoms with van der Waals surface area (Å²) in [5.41, 5.74) is 12.3. The Morgan fingerprint density at radius 1 is 0.815 bits per heavy atom. The molecule has 0 unspecified atom stereocenters. The van der Waals surface area contributed by atoms with Crippen molar-refractivity contribution in [1.29, 1.82) is 0 Å². The van der Waals surface area contributed by atoms with E-state index in [0.29, 0.717) is 5.75 Å². The van der Waals surface area contributed by atoms with Crippen molar-refractivity contribution >= 4 is 34.5 Å². The minimum Gasteiger partial charge on any atom is -0.508 e. The number of anilines is 2. The molecule has 3 aromatic rings. The van der Waals surface area contributed by atoms with Gasteiger partial charge in [-0.2, -0.15) is 4.58 Å². The Kier molecular flexibility index (Phi) is 13.0. The van der Waals surface area contributed by atoms with Crippen molar-refractivity contribution in [3.05, 3.63) is 130 Å². The lowest BCUT2D eigenvalue weighted by molar-refractivity contribution is -0.438. The molecule has 0 aromatic heterocycles. The lowest BCUT2D eigenvalue weighted by Gasteiger charge is -2.28. The summed E-state index contributed by atoms with van der Waals surface area (Å²) in [4.78, 5) is 6.30. The third kappa shape index (κ3) is 8.47. The highest BCUT2D eigenvalue weighted by atomic mass is 32.2. The second kappa shape index (κ2) is 17.7. The molecule has 5 heteroatoms. The summed E-state index contributed by atoms with van der Waals surface area (Å²) >= 11 is 2.01. The molecule has 1 N–H and O–H groups in total. The standard InChI is InChI=1S/C49H63N3OS/c1-8-10-16-32-51-43-26-14-12-24-41(43)48(3,4)45(51)30-28-37-20-18-21-38(47(37)54-35-34-50(7)39-22-19-23-40(53)36-39)29-31-46-49(5,6)42-25-13-15-27-44(42)52(46)33-17-11-9-2/h12-15,19,22-31,36H,8-11,16-18,20-21,32-35H2,1-7H3/p+1. The van der Waals surface area contributed by atoms with Crippen LogP contribution < -0.4 is 9.80 Å². The Hall–Kier alpha value is -3.96. The molecule has 0 spiro atoms. The zero-order valence-electron chi connectivity index (χ0n) is 34.1. The first kappa shape index (κ1) is 39.7. The van der Waals surface area contributed by atoms with Gasteiger partial charge in [0.1, 0.15) is 12.3 Å². The van der Waals surface area contributed by atoms with Crippen molar-refractivity contribution in [2.24, 2.45) is 0 Å². The predicted octanol–water partition coefficient (Wildman–Crippen LogP) is 12.6. The Balaban J connectivity index is 1.38. The number of fused-ring (bicyclic) bond motifs is 2. The molecular formula is C49H64N3OS+. The lowest BCUT2D eigenvalue weighted by Crippen LogP contribution is -2.28. The van der Waals surface area contributed by atoms with E-state index < -0.39 is 0 Å². The summed E-state index contributed by atoms with van der Waals surface area (Å²) in [6.45, 7) is 17.2. The molecule has 2 heterocycles. The summed E-state index contributed by atoms with van der Waals surface area (Å²) in [7, 11) is 2.13. The van der Waals surface area contributed by atoms with Crippen LogP contribution in [-0.4, -0.2) is 47.8 Å². The van der Waals surface area contributed by atoms with Crippen molar-refractivity contribution in [2.45, 2.75) is 110 Å². The van der Waals surface area contributed by atoms with Crippen LogP contribution in [0, 0.1) is 0 Å². The average molecular weight is 743 g/mol. The van der Waals surface area contributed by atoms with E-state index in [9.17, 15) is 5.11 Å². The minimum absolute atomic E-state index is 0.0564. The maximum Gasteiger partial charge on any atom is 0.209 e. The zero-order chi connectivity index (χ0) is 38.3. The third-order valence-corrected chi connectivity index (χ3v) is 13.1. The molecule has 3 aliphatic rings. The number of hydrogen-bond donors (Lipinski definition) is 1. The number of hydrogen-bond acceptors (Lipinski definition) is 4. The summed E-state index contributed by atoms with van der Waals surface area (Å²) in [5, 5.41) is 10.1. The smallest absolute Gasteiger partial charge is 0.209 e. The van der Waals surface area contributed by atoms with E-state index in [1.165, 1.54) is 88.5 Å². The van der Waals surface area contributed by atoms with Crippen LogP contribution >= 0.6 is 11.8 Å². The highest BCUT2D eigenvalue weighted by Crippen LogP contribution is 2.48. The number of allylic oxidation sites excluding steroid dienone is 7.